The molecule has 0 saturated heterocycles. The predicted octanol–water partition coefficient (Wildman–Crippen LogP) is 2.71. The maximum absolute atomic E-state index is 5.64. The maximum atomic E-state index is 5.64. The zero-order chi connectivity index (χ0) is 12.5. The van der Waals surface area contributed by atoms with Crippen LogP contribution in [0.5, 0.6) is 0 Å². The molecule has 0 aliphatic heterocycles. The normalized spacial score (nSPS) is 17.6. The second kappa shape index (κ2) is 5.06. The fraction of sp³-hybridized carbons (Fsp3) is 0.667. The summed E-state index contributed by atoms with van der Waals surface area (Å²) in [7, 11) is 3.65. The van der Waals surface area contributed by atoms with E-state index in [0.29, 0.717) is 0 Å². The zero-order valence-electron chi connectivity index (χ0n) is 10.5. The van der Waals surface area contributed by atoms with Crippen molar-refractivity contribution in [1.82, 2.24) is 9.97 Å². The molecule has 94 valence electrons. The highest BCUT2D eigenvalue weighted by atomic mass is 127. The van der Waals surface area contributed by atoms with Crippen molar-refractivity contribution in [3.05, 3.63) is 15.1 Å². The number of rotatable bonds is 4. The van der Waals surface area contributed by atoms with Crippen LogP contribution in [0.3, 0.4) is 0 Å². The fourth-order valence-electron chi connectivity index (χ4n) is 2.11. The lowest BCUT2D eigenvalue weighted by Gasteiger charge is -2.39. The summed E-state index contributed by atoms with van der Waals surface area (Å²) >= 11 is 2.30. The Labute approximate surface area is 116 Å². The maximum Gasteiger partial charge on any atom is 0.162 e. The molecule has 0 spiro atoms. The number of halogens is 1. The molecule has 0 atom stereocenters. The van der Waals surface area contributed by atoms with Gasteiger partial charge in [0.05, 0.1) is 9.26 Å². The van der Waals surface area contributed by atoms with Gasteiger partial charge in [-0.15, -0.1) is 0 Å². The molecule has 1 aromatic rings. The second-order valence-electron chi connectivity index (χ2n) is 4.31. The third kappa shape index (κ3) is 2.14. The van der Waals surface area contributed by atoms with Crippen molar-refractivity contribution in [2.24, 2.45) is 0 Å². The van der Waals surface area contributed by atoms with Crippen LogP contribution in [0.25, 0.3) is 0 Å². The molecule has 1 aliphatic rings. The van der Waals surface area contributed by atoms with Crippen molar-refractivity contribution in [3.8, 4) is 0 Å². The third-order valence-corrected chi connectivity index (χ3v) is 4.58. The number of anilines is 1. The average Bonchev–Trinajstić information content (AvgIpc) is 2.30. The minimum Gasteiger partial charge on any atom is -0.372 e. The zero-order valence-corrected chi connectivity index (χ0v) is 12.7. The number of nitrogens with zero attached hydrogens (tertiary/aromatic N) is 2. The van der Waals surface area contributed by atoms with E-state index < -0.39 is 0 Å². The topological polar surface area (TPSA) is 47.0 Å². The van der Waals surface area contributed by atoms with Crippen molar-refractivity contribution in [1.29, 1.82) is 0 Å². The van der Waals surface area contributed by atoms with Gasteiger partial charge in [-0.05, 0) is 48.3 Å². The lowest BCUT2D eigenvalue weighted by molar-refractivity contribution is -0.0847. The standard InChI is InChI=1S/C12H18IN3O/c1-4-8-9(13)10(14-2)16-11(15-8)12(17-3)6-5-7-12/h4-7H2,1-3H3,(H,14,15,16). The molecule has 0 bridgehead atoms. The summed E-state index contributed by atoms with van der Waals surface area (Å²) < 4.78 is 6.76. The van der Waals surface area contributed by atoms with Gasteiger partial charge in [-0.2, -0.15) is 0 Å². The van der Waals surface area contributed by atoms with Gasteiger partial charge in [0.2, 0.25) is 0 Å². The van der Waals surface area contributed by atoms with Crippen molar-refractivity contribution < 1.29 is 4.74 Å². The van der Waals surface area contributed by atoms with Crippen molar-refractivity contribution in [2.45, 2.75) is 38.2 Å². The molecule has 1 N–H and O–H groups in total. The largest absolute Gasteiger partial charge is 0.372 e. The first-order valence-electron chi connectivity index (χ1n) is 5.96. The summed E-state index contributed by atoms with van der Waals surface area (Å²) in [5.41, 5.74) is 0.864. The van der Waals surface area contributed by atoms with Gasteiger partial charge in [-0.3, -0.25) is 0 Å². The van der Waals surface area contributed by atoms with E-state index in [1.165, 1.54) is 6.42 Å². The number of hydrogen-bond acceptors (Lipinski definition) is 4. The Hall–Kier alpha value is -0.430. The Morgan fingerprint density at radius 2 is 2.12 bits per heavy atom. The monoisotopic (exact) mass is 347 g/mol. The molecule has 1 aromatic heterocycles. The quantitative estimate of drug-likeness (QED) is 0.851. The van der Waals surface area contributed by atoms with E-state index in [2.05, 4.69) is 44.8 Å². The Morgan fingerprint density at radius 1 is 1.41 bits per heavy atom. The first-order chi connectivity index (χ1) is 8.16. The molecular formula is C12H18IN3O. The van der Waals surface area contributed by atoms with Crippen LogP contribution < -0.4 is 5.32 Å². The van der Waals surface area contributed by atoms with Crippen molar-refractivity contribution in [3.63, 3.8) is 0 Å². The molecule has 2 rings (SSSR count). The molecule has 0 amide bonds. The molecule has 0 unspecified atom stereocenters. The van der Waals surface area contributed by atoms with Crippen LogP contribution >= 0.6 is 22.6 Å². The average molecular weight is 347 g/mol. The third-order valence-electron chi connectivity index (χ3n) is 3.45. The van der Waals surface area contributed by atoms with E-state index in [9.17, 15) is 0 Å². The molecule has 0 aromatic carbocycles. The lowest BCUT2D eigenvalue weighted by atomic mass is 9.79. The van der Waals surface area contributed by atoms with Crippen LogP contribution in [0.2, 0.25) is 0 Å². The number of aromatic nitrogens is 2. The summed E-state index contributed by atoms with van der Waals surface area (Å²) in [6.07, 6.45) is 4.16. The Kier molecular flexibility index (Phi) is 3.87. The molecule has 1 aliphatic carbocycles. The van der Waals surface area contributed by atoms with Crippen molar-refractivity contribution >= 4 is 28.4 Å². The SMILES string of the molecule is CCc1nc(C2(OC)CCC2)nc(NC)c1I. The van der Waals surface area contributed by atoms with Gasteiger partial charge in [-0.25, -0.2) is 9.97 Å². The summed E-state index contributed by atoms with van der Waals surface area (Å²) in [6, 6.07) is 0. The van der Waals surface area contributed by atoms with E-state index in [4.69, 9.17) is 4.74 Å². The Balaban J connectivity index is 2.47. The van der Waals surface area contributed by atoms with E-state index in [1.54, 1.807) is 7.11 Å². The molecule has 1 fully saturated rings. The van der Waals surface area contributed by atoms with Crippen LogP contribution in [0, 0.1) is 3.57 Å². The Bertz CT molecular complexity index is 388. The van der Waals surface area contributed by atoms with Crippen LogP contribution in [-0.4, -0.2) is 24.1 Å². The summed E-state index contributed by atoms with van der Waals surface area (Å²) in [5.74, 6) is 1.75. The van der Waals surface area contributed by atoms with E-state index >= 15 is 0 Å². The number of aryl methyl sites for hydroxylation is 1. The van der Waals surface area contributed by atoms with Crippen LogP contribution in [0.15, 0.2) is 0 Å². The number of hydrogen-bond donors (Lipinski definition) is 1. The molecular weight excluding hydrogens is 329 g/mol. The highest BCUT2D eigenvalue weighted by Gasteiger charge is 2.42. The summed E-state index contributed by atoms with van der Waals surface area (Å²) in [6.45, 7) is 2.12. The minimum atomic E-state index is -0.236. The minimum absolute atomic E-state index is 0.236. The van der Waals surface area contributed by atoms with E-state index in [-0.39, 0.29) is 5.60 Å². The van der Waals surface area contributed by atoms with Gasteiger partial charge in [-0.1, -0.05) is 6.92 Å². The van der Waals surface area contributed by atoms with E-state index in [1.807, 2.05) is 7.05 Å². The smallest absolute Gasteiger partial charge is 0.162 e. The van der Waals surface area contributed by atoms with Gasteiger partial charge < -0.3 is 10.1 Å². The number of ether oxygens (including phenoxy) is 1. The summed E-state index contributed by atoms with van der Waals surface area (Å²) in [4.78, 5) is 9.29. The Morgan fingerprint density at radius 3 is 2.53 bits per heavy atom. The van der Waals surface area contributed by atoms with Gasteiger partial charge in [0, 0.05) is 14.2 Å². The van der Waals surface area contributed by atoms with Gasteiger partial charge >= 0.3 is 0 Å². The number of methoxy groups -OCH3 is 1. The first-order valence-corrected chi connectivity index (χ1v) is 7.04. The summed E-state index contributed by atoms with van der Waals surface area (Å²) in [5, 5.41) is 3.14. The van der Waals surface area contributed by atoms with Crippen LogP contribution in [-0.2, 0) is 16.8 Å². The van der Waals surface area contributed by atoms with Crippen molar-refractivity contribution in [2.75, 3.05) is 19.5 Å². The fourth-order valence-corrected chi connectivity index (χ4v) is 3.01. The lowest BCUT2D eigenvalue weighted by Crippen LogP contribution is -2.38. The van der Waals surface area contributed by atoms with Gasteiger partial charge in [0.25, 0.3) is 0 Å². The predicted molar refractivity (Wildman–Crippen MR) is 76.2 cm³/mol. The molecule has 4 nitrogen and oxygen atoms in total. The molecule has 17 heavy (non-hydrogen) atoms. The highest BCUT2D eigenvalue weighted by molar-refractivity contribution is 14.1. The van der Waals surface area contributed by atoms with E-state index in [0.717, 1.165) is 40.2 Å². The first kappa shape index (κ1) is 13.0. The van der Waals surface area contributed by atoms with Crippen LogP contribution in [0.4, 0.5) is 5.82 Å². The molecule has 0 radical (unpaired) electrons. The molecule has 5 heteroatoms. The van der Waals surface area contributed by atoms with Gasteiger partial charge in [0.1, 0.15) is 11.4 Å². The molecule has 1 heterocycles. The van der Waals surface area contributed by atoms with Crippen LogP contribution in [0.1, 0.15) is 37.7 Å². The number of nitrogens with one attached hydrogen (secondary N) is 1. The molecule has 1 saturated carbocycles. The highest BCUT2D eigenvalue weighted by Crippen LogP contribution is 2.43. The van der Waals surface area contributed by atoms with Gasteiger partial charge in [0.15, 0.2) is 5.82 Å². The second-order valence-corrected chi connectivity index (χ2v) is 5.39.